The van der Waals surface area contributed by atoms with Crippen molar-refractivity contribution < 1.29 is 17.2 Å². The van der Waals surface area contributed by atoms with Gasteiger partial charge < -0.3 is 4.90 Å². The van der Waals surface area contributed by atoms with Crippen LogP contribution in [0, 0.1) is 11.6 Å². The molecule has 0 aliphatic carbocycles. The van der Waals surface area contributed by atoms with Gasteiger partial charge in [-0.3, -0.25) is 0 Å². The maximum absolute atomic E-state index is 14.0. The van der Waals surface area contributed by atoms with E-state index in [0.717, 1.165) is 23.4 Å². The number of sulfonamides is 1. The minimum Gasteiger partial charge on any atom is -0.326 e. The molecule has 5 nitrogen and oxygen atoms in total. The van der Waals surface area contributed by atoms with Crippen LogP contribution in [0.3, 0.4) is 0 Å². The summed E-state index contributed by atoms with van der Waals surface area (Å²) in [6.07, 6.45) is 5.49. The standard InChI is InChI=1S/C20H15F2N3O2S/c1-13-5-4-8-19-23-20(16-7-3-2-6-14(16)12-25(13)19)24-28(26,27)18-10-9-15(21)11-17(18)22/h2-11H,12H2,1H3/b24-20-. The van der Waals surface area contributed by atoms with Gasteiger partial charge in [0.1, 0.15) is 22.4 Å². The molecule has 0 N–H and O–H groups in total. The first-order chi connectivity index (χ1) is 13.3. The summed E-state index contributed by atoms with van der Waals surface area (Å²) in [6.45, 7) is 2.42. The Hall–Kier alpha value is -3.13. The highest BCUT2D eigenvalue weighted by molar-refractivity contribution is 7.90. The van der Waals surface area contributed by atoms with Gasteiger partial charge >= 0.3 is 0 Å². The molecular weight excluding hydrogens is 384 g/mol. The number of rotatable bonds is 2. The molecule has 0 fully saturated rings. The van der Waals surface area contributed by atoms with Gasteiger partial charge in [0.15, 0.2) is 5.84 Å². The predicted molar refractivity (Wildman–Crippen MR) is 102 cm³/mol. The molecule has 0 amide bonds. The Kier molecular flexibility index (Phi) is 4.43. The molecule has 28 heavy (non-hydrogen) atoms. The molecule has 0 aromatic heterocycles. The molecule has 0 unspecified atom stereocenters. The zero-order valence-electron chi connectivity index (χ0n) is 14.8. The quantitative estimate of drug-likeness (QED) is 0.772. The number of nitrogens with zero attached hydrogens (tertiary/aromatic N) is 3. The lowest BCUT2D eigenvalue weighted by molar-refractivity contribution is 0.511. The van der Waals surface area contributed by atoms with Crippen LogP contribution in [0.1, 0.15) is 18.1 Å². The first-order valence-electron chi connectivity index (χ1n) is 8.45. The average Bonchev–Trinajstić information content (AvgIpc) is 2.79. The van der Waals surface area contributed by atoms with Crippen molar-refractivity contribution in [3.63, 3.8) is 0 Å². The molecule has 2 heterocycles. The van der Waals surface area contributed by atoms with Crippen molar-refractivity contribution in [1.82, 2.24) is 4.90 Å². The van der Waals surface area contributed by atoms with Gasteiger partial charge in [0.05, 0.1) is 0 Å². The van der Waals surface area contributed by atoms with Crippen molar-refractivity contribution in [3.05, 3.63) is 89.2 Å². The van der Waals surface area contributed by atoms with Gasteiger partial charge in [0.25, 0.3) is 10.0 Å². The highest BCUT2D eigenvalue weighted by atomic mass is 32.2. The highest BCUT2D eigenvalue weighted by Crippen LogP contribution is 2.25. The van der Waals surface area contributed by atoms with Crippen molar-refractivity contribution in [2.45, 2.75) is 18.4 Å². The minimum absolute atomic E-state index is 0.0452. The van der Waals surface area contributed by atoms with E-state index in [0.29, 0.717) is 24.0 Å². The van der Waals surface area contributed by atoms with Crippen molar-refractivity contribution in [3.8, 4) is 0 Å². The van der Waals surface area contributed by atoms with Gasteiger partial charge in [-0.05, 0) is 36.8 Å². The second kappa shape index (κ2) is 6.79. The number of amidine groups is 2. The summed E-state index contributed by atoms with van der Waals surface area (Å²) in [5, 5.41) is 0. The van der Waals surface area contributed by atoms with Crippen LogP contribution < -0.4 is 0 Å². The molecule has 142 valence electrons. The molecule has 2 aliphatic heterocycles. The van der Waals surface area contributed by atoms with E-state index in [2.05, 4.69) is 9.39 Å². The smallest absolute Gasteiger partial charge is 0.287 e. The van der Waals surface area contributed by atoms with Crippen LogP contribution in [0.25, 0.3) is 0 Å². The van der Waals surface area contributed by atoms with Gasteiger partial charge in [0, 0.05) is 23.9 Å². The lowest BCUT2D eigenvalue weighted by Crippen LogP contribution is -2.28. The van der Waals surface area contributed by atoms with Crippen molar-refractivity contribution in [2.75, 3.05) is 0 Å². The lowest BCUT2D eigenvalue weighted by atomic mass is 10.1. The number of aliphatic imine (C=N–C) groups is 1. The molecule has 0 saturated heterocycles. The minimum atomic E-state index is -4.44. The Bertz CT molecular complexity index is 1200. The van der Waals surface area contributed by atoms with Crippen LogP contribution >= 0.6 is 0 Å². The first-order valence-corrected chi connectivity index (χ1v) is 9.89. The van der Waals surface area contributed by atoms with Crippen molar-refractivity contribution in [1.29, 1.82) is 0 Å². The van der Waals surface area contributed by atoms with Gasteiger partial charge in [-0.15, -0.1) is 4.40 Å². The topological polar surface area (TPSA) is 62.1 Å². The van der Waals surface area contributed by atoms with Crippen LogP contribution in [0.5, 0.6) is 0 Å². The van der Waals surface area contributed by atoms with E-state index >= 15 is 0 Å². The molecule has 8 heteroatoms. The summed E-state index contributed by atoms with van der Waals surface area (Å²) in [7, 11) is -4.44. The second-order valence-electron chi connectivity index (χ2n) is 6.35. The van der Waals surface area contributed by atoms with Crippen molar-refractivity contribution in [2.24, 2.45) is 9.39 Å². The Balaban J connectivity index is 1.91. The molecule has 0 saturated carbocycles. The molecule has 0 atom stereocenters. The molecule has 4 rings (SSSR count). The molecule has 0 bridgehead atoms. The zero-order chi connectivity index (χ0) is 19.9. The van der Waals surface area contributed by atoms with E-state index in [-0.39, 0.29) is 5.84 Å². The number of hydrogen-bond acceptors (Lipinski definition) is 3. The Labute approximate surface area is 161 Å². The van der Waals surface area contributed by atoms with Gasteiger partial charge in [-0.25, -0.2) is 13.8 Å². The third kappa shape index (κ3) is 3.27. The average molecular weight is 399 g/mol. The molecule has 0 radical (unpaired) electrons. The van der Waals surface area contributed by atoms with Gasteiger partial charge in [0.2, 0.25) is 0 Å². The third-order valence-electron chi connectivity index (χ3n) is 4.47. The normalized spacial score (nSPS) is 17.5. The van der Waals surface area contributed by atoms with Crippen molar-refractivity contribution >= 4 is 21.7 Å². The largest absolute Gasteiger partial charge is 0.326 e. The summed E-state index contributed by atoms with van der Waals surface area (Å²) in [5.41, 5.74) is 2.32. The number of hydrogen-bond donors (Lipinski definition) is 0. The Morgan fingerprint density at radius 2 is 1.93 bits per heavy atom. The summed E-state index contributed by atoms with van der Waals surface area (Å²) in [6, 6.07) is 9.43. The fourth-order valence-electron chi connectivity index (χ4n) is 3.07. The van der Waals surface area contributed by atoms with E-state index < -0.39 is 26.6 Å². The lowest BCUT2D eigenvalue weighted by Gasteiger charge is -2.26. The van der Waals surface area contributed by atoms with Gasteiger partial charge in [-0.2, -0.15) is 8.42 Å². The number of halogens is 2. The predicted octanol–water partition coefficient (Wildman–Crippen LogP) is 3.79. The van der Waals surface area contributed by atoms with E-state index in [9.17, 15) is 17.2 Å². The zero-order valence-corrected chi connectivity index (χ0v) is 15.6. The molecule has 2 aliphatic rings. The SMILES string of the molecule is CC1=CC=CC2=N/C(=N\S(=O)(=O)c3ccc(F)cc3F)c3ccccc3CN12. The maximum atomic E-state index is 14.0. The fraction of sp³-hybridized carbons (Fsp3) is 0.100. The van der Waals surface area contributed by atoms with E-state index in [1.54, 1.807) is 18.2 Å². The summed E-state index contributed by atoms with van der Waals surface area (Å²) >= 11 is 0. The van der Waals surface area contributed by atoms with E-state index in [1.807, 2.05) is 36.1 Å². The van der Waals surface area contributed by atoms with Crippen LogP contribution in [0.2, 0.25) is 0 Å². The summed E-state index contributed by atoms with van der Waals surface area (Å²) in [5.74, 6) is -1.58. The second-order valence-corrected chi connectivity index (χ2v) is 7.92. The van der Waals surface area contributed by atoms with Crippen LogP contribution in [0.15, 0.2) is 80.7 Å². The highest BCUT2D eigenvalue weighted by Gasteiger charge is 2.25. The number of allylic oxidation sites excluding steroid dienone is 3. The Morgan fingerprint density at radius 3 is 2.71 bits per heavy atom. The maximum Gasteiger partial charge on any atom is 0.287 e. The summed E-state index contributed by atoms with van der Waals surface area (Å²) in [4.78, 5) is 5.67. The fourth-order valence-corrected chi connectivity index (χ4v) is 4.08. The van der Waals surface area contributed by atoms with Gasteiger partial charge in [-0.1, -0.05) is 30.3 Å². The molecular formula is C20H15F2N3O2S. The monoisotopic (exact) mass is 399 g/mol. The van der Waals surface area contributed by atoms with Crippen LogP contribution in [0.4, 0.5) is 8.78 Å². The van der Waals surface area contributed by atoms with Crippen LogP contribution in [-0.2, 0) is 16.6 Å². The molecule has 0 spiro atoms. The molecule has 2 aromatic rings. The first kappa shape index (κ1) is 18.2. The third-order valence-corrected chi connectivity index (χ3v) is 5.77. The Morgan fingerprint density at radius 1 is 1.14 bits per heavy atom. The van der Waals surface area contributed by atoms with E-state index in [4.69, 9.17) is 0 Å². The number of fused-ring (bicyclic) bond motifs is 2. The summed E-state index contributed by atoms with van der Waals surface area (Å²) < 4.78 is 56.4. The number of benzene rings is 2. The molecule has 2 aromatic carbocycles. The van der Waals surface area contributed by atoms with Crippen LogP contribution in [-0.4, -0.2) is 25.0 Å². The van der Waals surface area contributed by atoms with E-state index in [1.165, 1.54) is 0 Å².